The number of urea groups is 1. The molecule has 0 unspecified atom stereocenters. The van der Waals surface area contributed by atoms with E-state index in [4.69, 9.17) is 0 Å². The number of fused-ring (bicyclic) bond motifs is 1. The third-order valence-corrected chi connectivity index (χ3v) is 4.74. The van der Waals surface area contributed by atoms with Gasteiger partial charge in [-0.05, 0) is 6.07 Å². The van der Waals surface area contributed by atoms with E-state index in [9.17, 15) is 29.3 Å². The quantitative estimate of drug-likeness (QED) is 0.473. The summed E-state index contributed by atoms with van der Waals surface area (Å²) in [6.45, 7) is 0. The van der Waals surface area contributed by atoms with Crippen LogP contribution in [0.2, 0.25) is 0 Å². The molecule has 1 N–H and O–H groups in total. The zero-order valence-electron chi connectivity index (χ0n) is 13.5. The van der Waals surface area contributed by atoms with Crippen LogP contribution in [0.1, 0.15) is 0 Å². The number of hydrogen-bond donors (Lipinski definition) is 1. The van der Waals surface area contributed by atoms with Crippen LogP contribution in [-0.2, 0) is 14.4 Å². The highest BCUT2D eigenvalue weighted by molar-refractivity contribution is 7.22. The Morgan fingerprint density at radius 3 is 2.42 bits per heavy atom. The number of benzene rings is 1. The summed E-state index contributed by atoms with van der Waals surface area (Å²) >= 11 is 0.962. The molecule has 134 valence electrons. The predicted molar refractivity (Wildman–Crippen MR) is 89.3 cm³/mol. The van der Waals surface area contributed by atoms with E-state index in [2.05, 4.69) is 10.3 Å². The molecule has 0 saturated carbocycles. The number of imide groups is 2. The van der Waals surface area contributed by atoms with Gasteiger partial charge in [0.1, 0.15) is 0 Å². The van der Waals surface area contributed by atoms with Gasteiger partial charge in [0.2, 0.25) is 5.91 Å². The zero-order chi connectivity index (χ0) is 19.2. The van der Waals surface area contributed by atoms with Crippen molar-refractivity contribution in [2.75, 3.05) is 19.4 Å². The number of nitrogens with zero attached hydrogens (tertiary/aromatic N) is 4. The van der Waals surface area contributed by atoms with Crippen LogP contribution in [0.4, 0.5) is 15.6 Å². The summed E-state index contributed by atoms with van der Waals surface area (Å²) in [4.78, 5) is 64.0. The fourth-order valence-corrected chi connectivity index (χ4v) is 3.29. The Bertz CT molecular complexity index is 961. The van der Waals surface area contributed by atoms with E-state index >= 15 is 0 Å². The van der Waals surface area contributed by atoms with Crippen molar-refractivity contribution in [3.63, 3.8) is 0 Å². The number of amides is 5. The molecule has 2 heterocycles. The van der Waals surface area contributed by atoms with Crippen LogP contribution in [-0.4, -0.2) is 57.6 Å². The smallest absolute Gasteiger partial charge is 0.301 e. The Morgan fingerprint density at radius 2 is 1.85 bits per heavy atom. The molecule has 0 aliphatic carbocycles. The SMILES string of the molecule is CN1C(=O)C(C(=O)Nc2nc3ccc([N+](=O)[O-])cc3s2)C(=O)N(C)C1=O. The Balaban J connectivity index is 1.86. The molecule has 1 saturated heterocycles. The van der Waals surface area contributed by atoms with Gasteiger partial charge in [-0.1, -0.05) is 11.3 Å². The van der Waals surface area contributed by atoms with E-state index in [-0.39, 0.29) is 10.8 Å². The highest BCUT2D eigenvalue weighted by Crippen LogP contribution is 2.29. The molecule has 0 atom stereocenters. The number of carbonyl (C=O) groups is 4. The molecule has 3 rings (SSSR count). The topological polar surface area (TPSA) is 143 Å². The summed E-state index contributed by atoms with van der Waals surface area (Å²) < 4.78 is 0.459. The minimum Gasteiger partial charge on any atom is -0.301 e. The Kier molecular flexibility index (Phi) is 4.12. The first-order chi connectivity index (χ1) is 12.2. The molecule has 1 aromatic heterocycles. The molecule has 0 radical (unpaired) electrons. The van der Waals surface area contributed by atoms with E-state index < -0.39 is 34.6 Å². The number of hydrogen-bond acceptors (Lipinski definition) is 8. The largest absolute Gasteiger partial charge is 0.332 e. The monoisotopic (exact) mass is 377 g/mol. The van der Waals surface area contributed by atoms with Crippen molar-refractivity contribution in [2.24, 2.45) is 5.92 Å². The van der Waals surface area contributed by atoms with Crippen molar-refractivity contribution in [2.45, 2.75) is 0 Å². The molecule has 5 amide bonds. The molecular formula is C14H11N5O6S. The number of anilines is 1. The van der Waals surface area contributed by atoms with Crippen LogP contribution in [0.3, 0.4) is 0 Å². The summed E-state index contributed by atoms with van der Waals surface area (Å²) in [7, 11) is 2.34. The third kappa shape index (κ3) is 2.75. The lowest BCUT2D eigenvalue weighted by Gasteiger charge is -2.31. The molecular weight excluding hydrogens is 366 g/mol. The second-order valence-electron chi connectivity index (χ2n) is 5.43. The summed E-state index contributed by atoms with van der Waals surface area (Å²) in [6.07, 6.45) is 0. The molecule has 26 heavy (non-hydrogen) atoms. The fraction of sp³-hybridized carbons (Fsp3) is 0.214. The highest BCUT2D eigenvalue weighted by Gasteiger charge is 2.46. The lowest BCUT2D eigenvalue weighted by atomic mass is 10.0. The van der Waals surface area contributed by atoms with Gasteiger partial charge in [-0.3, -0.25) is 34.3 Å². The minimum atomic E-state index is -1.70. The van der Waals surface area contributed by atoms with Crippen molar-refractivity contribution < 1.29 is 24.1 Å². The molecule has 1 aliphatic heterocycles. The van der Waals surface area contributed by atoms with Crippen molar-refractivity contribution in [3.8, 4) is 0 Å². The number of nitro groups is 1. The number of barbiturate groups is 1. The first-order valence-electron chi connectivity index (χ1n) is 7.15. The van der Waals surface area contributed by atoms with Gasteiger partial charge < -0.3 is 5.32 Å². The van der Waals surface area contributed by atoms with E-state index in [0.717, 1.165) is 11.3 Å². The van der Waals surface area contributed by atoms with Gasteiger partial charge in [0, 0.05) is 26.2 Å². The number of carbonyl (C=O) groups excluding carboxylic acids is 4. The van der Waals surface area contributed by atoms with Crippen molar-refractivity contribution in [3.05, 3.63) is 28.3 Å². The third-order valence-electron chi connectivity index (χ3n) is 3.80. The molecule has 0 spiro atoms. The standard InChI is InChI=1S/C14H11N5O6S/c1-17-11(21)9(12(22)18(2)14(17)23)10(20)16-13-15-7-4-3-6(19(24)25)5-8(7)26-13/h3-5,9H,1-2H3,(H,15,16,20). The molecule has 12 heteroatoms. The van der Waals surface area contributed by atoms with Gasteiger partial charge in [0.05, 0.1) is 15.1 Å². The minimum absolute atomic E-state index is 0.0771. The Morgan fingerprint density at radius 1 is 1.23 bits per heavy atom. The maximum Gasteiger partial charge on any atom is 0.332 e. The highest BCUT2D eigenvalue weighted by atomic mass is 32.1. The molecule has 11 nitrogen and oxygen atoms in total. The van der Waals surface area contributed by atoms with Crippen molar-refractivity contribution >= 4 is 56.1 Å². The van der Waals surface area contributed by atoms with Crippen molar-refractivity contribution in [1.82, 2.24) is 14.8 Å². The average molecular weight is 377 g/mol. The van der Waals surface area contributed by atoms with Crippen LogP contribution >= 0.6 is 11.3 Å². The van der Waals surface area contributed by atoms with Crippen LogP contribution in [0, 0.1) is 16.0 Å². The number of rotatable bonds is 3. The Labute approximate surface area is 149 Å². The summed E-state index contributed by atoms with van der Waals surface area (Å²) in [5.74, 6) is -4.51. The van der Waals surface area contributed by atoms with E-state index in [1.807, 2.05) is 0 Å². The zero-order valence-corrected chi connectivity index (χ0v) is 14.3. The summed E-state index contributed by atoms with van der Waals surface area (Å²) in [5, 5.41) is 13.2. The van der Waals surface area contributed by atoms with E-state index in [0.29, 0.717) is 20.0 Å². The number of aromatic nitrogens is 1. The van der Waals surface area contributed by atoms with Gasteiger partial charge in [-0.25, -0.2) is 9.78 Å². The van der Waals surface area contributed by atoms with Crippen LogP contribution in [0.25, 0.3) is 10.2 Å². The maximum atomic E-state index is 12.4. The summed E-state index contributed by atoms with van der Waals surface area (Å²) in [5.41, 5.74) is 0.292. The lowest BCUT2D eigenvalue weighted by molar-refractivity contribution is -0.384. The second-order valence-corrected chi connectivity index (χ2v) is 6.46. The van der Waals surface area contributed by atoms with Gasteiger partial charge in [0.15, 0.2) is 11.0 Å². The normalized spacial score (nSPS) is 15.7. The van der Waals surface area contributed by atoms with E-state index in [1.165, 1.54) is 32.3 Å². The predicted octanol–water partition coefficient (Wildman–Crippen LogP) is 0.810. The second kappa shape index (κ2) is 6.15. The summed E-state index contributed by atoms with van der Waals surface area (Å²) in [6, 6.07) is 3.19. The first-order valence-corrected chi connectivity index (χ1v) is 7.97. The number of thiazole rings is 1. The average Bonchev–Trinajstić information content (AvgIpc) is 2.99. The van der Waals surface area contributed by atoms with Crippen LogP contribution in [0.15, 0.2) is 18.2 Å². The molecule has 1 aliphatic rings. The van der Waals surface area contributed by atoms with E-state index in [1.54, 1.807) is 0 Å². The molecule has 2 aromatic rings. The van der Waals surface area contributed by atoms with Gasteiger partial charge >= 0.3 is 6.03 Å². The Hall–Kier alpha value is -3.41. The number of nitrogens with one attached hydrogen (secondary N) is 1. The van der Waals surface area contributed by atoms with Gasteiger partial charge in [-0.2, -0.15) is 0 Å². The molecule has 1 aromatic carbocycles. The fourth-order valence-electron chi connectivity index (χ4n) is 2.39. The van der Waals surface area contributed by atoms with Crippen LogP contribution < -0.4 is 5.32 Å². The molecule has 0 bridgehead atoms. The van der Waals surface area contributed by atoms with Crippen molar-refractivity contribution in [1.29, 1.82) is 0 Å². The number of nitro benzene ring substituents is 1. The first kappa shape index (κ1) is 17.4. The van der Waals surface area contributed by atoms with Gasteiger partial charge in [-0.15, -0.1) is 0 Å². The van der Waals surface area contributed by atoms with Crippen LogP contribution in [0.5, 0.6) is 0 Å². The lowest BCUT2D eigenvalue weighted by Crippen LogP contribution is -2.59. The maximum absolute atomic E-state index is 12.4. The molecule has 1 fully saturated rings. The number of non-ortho nitro benzene ring substituents is 1. The van der Waals surface area contributed by atoms with Gasteiger partial charge in [0.25, 0.3) is 17.5 Å².